The number of anilines is 2. The van der Waals surface area contributed by atoms with Crippen molar-refractivity contribution >= 4 is 28.9 Å². The third-order valence-electron chi connectivity index (χ3n) is 5.70. The lowest BCUT2D eigenvalue weighted by atomic mass is 10.0. The van der Waals surface area contributed by atoms with Crippen molar-refractivity contribution in [2.24, 2.45) is 0 Å². The fourth-order valence-corrected chi connectivity index (χ4v) is 4.18. The lowest BCUT2D eigenvalue weighted by Crippen LogP contribution is -2.50. The Balaban J connectivity index is 1.53. The Hall–Kier alpha value is -3.02. The lowest BCUT2D eigenvalue weighted by Gasteiger charge is -2.39. The average Bonchev–Trinajstić information content (AvgIpc) is 2.78. The summed E-state index contributed by atoms with van der Waals surface area (Å²) in [5, 5.41) is 13.8. The minimum absolute atomic E-state index is 0.0814. The van der Waals surface area contributed by atoms with Crippen molar-refractivity contribution in [1.82, 2.24) is 4.90 Å². The van der Waals surface area contributed by atoms with Gasteiger partial charge in [0.2, 0.25) is 5.91 Å². The number of amides is 1. The third kappa shape index (κ3) is 4.84. The van der Waals surface area contributed by atoms with Crippen molar-refractivity contribution in [3.8, 4) is 5.75 Å². The number of rotatable bonds is 5. The average molecular weight is 436 g/mol. The van der Waals surface area contributed by atoms with E-state index < -0.39 is 6.04 Å². The highest BCUT2D eigenvalue weighted by molar-refractivity contribution is 6.31. The number of phenols is 1. The Bertz CT molecular complexity index is 1050. The van der Waals surface area contributed by atoms with Gasteiger partial charge in [0.25, 0.3) is 0 Å². The minimum Gasteiger partial charge on any atom is -0.506 e. The van der Waals surface area contributed by atoms with Crippen molar-refractivity contribution in [3.05, 3.63) is 88.9 Å². The van der Waals surface area contributed by atoms with Gasteiger partial charge in [-0.25, -0.2) is 0 Å². The van der Waals surface area contributed by atoms with E-state index in [1.807, 2.05) is 67.6 Å². The van der Waals surface area contributed by atoms with Crippen molar-refractivity contribution < 1.29 is 9.90 Å². The number of para-hydroxylation sites is 2. The Labute approximate surface area is 187 Å². The van der Waals surface area contributed by atoms with Gasteiger partial charge in [0.15, 0.2) is 0 Å². The number of piperazine rings is 1. The predicted molar refractivity (Wildman–Crippen MR) is 126 cm³/mol. The van der Waals surface area contributed by atoms with Crippen LogP contribution in [0.5, 0.6) is 5.75 Å². The zero-order valence-electron chi connectivity index (χ0n) is 17.5. The second kappa shape index (κ2) is 9.41. The molecule has 1 saturated heterocycles. The van der Waals surface area contributed by atoms with Gasteiger partial charge >= 0.3 is 0 Å². The molecule has 1 aliphatic rings. The number of carbonyl (C=O) groups is 1. The van der Waals surface area contributed by atoms with E-state index in [0.717, 1.165) is 29.9 Å². The van der Waals surface area contributed by atoms with E-state index in [-0.39, 0.29) is 11.7 Å². The predicted octanol–water partition coefficient (Wildman–Crippen LogP) is 4.86. The summed E-state index contributed by atoms with van der Waals surface area (Å²) >= 11 is 6.24. The van der Waals surface area contributed by atoms with Gasteiger partial charge in [-0.1, -0.05) is 60.1 Å². The van der Waals surface area contributed by atoms with E-state index in [4.69, 9.17) is 11.6 Å². The highest BCUT2D eigenvalue weighted by Crippen LogP contribution is 2.30. The summed E-state index contributed by atoms with van der Waals surface area (Å²) in [4.78, 5) is 17.7. The van der Waals surface area contributed by atoms with Gasteiger partial charge in [0.1, 0.15) is 11.8 Å². The Morgan fingerprint density at radius 1 is 0.968 bits per heavy atom. The molecule has 3 aromatic rings. The topological polar surface area (TPSA) is 55.8 Å². The first-order valence-corrected chi connectivity index (χ1v) is 10.8. The first-order valence-electron chi connectivity index (χ1n) is 10.4. The molecule has 2 N–H and O–H groups in total. The van der Waals surface area contributed by atoms with E-state index in [2.05, 4.69) is 15.1 Å². The molecule has 6 heteroatoms. The molecule has 3 aromatic carbocycles. The fourth-order valence-electron chi connectivity index (χ4n) is 4.00. The summed E-state index contributed by atoms with van der Waals surface area (Å²) in [6.45, 7) is 4.80. The van der Waals surface area contributed by atoms with Crippen LogP contribution in [0.3, 0.4) is 0 Å². The molecule has 1 aliphatic heterocycles. The fraction of sp³-hybridized carbons (Fsp3) is 0.240. The highest BCUT2D eigenvalue weighted by Gasteiger charge is 2.31. The maximum Gasteiger partial charge on any atom is 0.246 e. The van der Waals surface area contributed by atoms with Gasteiger partial charge < -0.3 is 15.3 Å². The number of halogens is 1. The van der Waals surface area contributed by atoms with Gasteiger partial charge in [-0.15, -0.1) is 0 Å². The second-order valence-corrected chi connectivity index (χ2v) is 8.19. The van der Waals surface area contributed by atoms with Crippen LogP contribution in [0.15, 0.2) is 72.8 Å². The van der Waals surface area contributed by atoms with Gasteiger partial charge in [-0.05, 0) is 42.3 Å². The minimum atomic E-state index is -0.409. The molecule has 0 bridgehead atoms. The molecule has 1 amide bonds. The van der Waals surface area contributed by atoms with E-state index in [1.165, 1.54) is 0 Å². The van der Waals surface area contributed by atoms with Gasteiger partial charge in [-0.2, -0.15) is 0 Å². The number of benzene rings is 3. The molecule has 0 saturated carbocycles. The van der Waals surface area contributed by atoms with E-state index >= 15 is 0 Å². The van der Waals surface area contributed by atoms with Crippen LogP contribution in [-0.2, 0) is 4.79 Å². The van der Waals surface area contributed by atoms with Crippen molar-refractivity contribution in [2.45, 2.75) is 13.0 Å². The molecular formula is C25H26ClN3O2. The van der Waals surface area contributed by atoms with Crippen LogP contribution in [-0.4, -0.2) is 42.1 Å². The number of aryl methyl sites for hydroxylation is 1. The van der Waals surface area contributed by atoms with E-state index in [0.29, 0.717) is 23.8 Å². The Kier molecular flexibility index (Phi) is 6.44. The number of carbonyl (C=O) groups excluding carboxylic acids is 1. The van der Waals surface area contributed by atoms with Gasteiger partial charge in [-0.3, -0.25) is 9.69 Å². The van der Waals surface area contributed by atoms with E-state index in [9.17, 15) is 9.90 Å². The van der Waals surface area contributed by atoms with Crippen LogP contribution in [0.2, 0.25) is 5.02 Å². The van der Waals surface area contributed by atoms with E-state index in [1.54, 1.807) is 12.1 Å². The maximum absolute atomic E-state index is 13.4. The zero-order chi connectivity index (χ0) is 21.8. The lowest BCUT2D eigenvalue weighted by molar-refractivity contribution is -0.121. The molecule has 0 spiro atoms. The molecule has 0 aliphatic carbocycles. The van der Waals surface area contributed by atoms with Crippen LogP contribution in [0.4, 0.5) is 11.4 Å². The standard InChI is InChI=1S/C25H26ClN3O2/c1-18-11-12-20(17-21(18)26)27-25(31)24(19-7-3-2-4-8-19)29-15-13-28(14-16-29)22-9-5-6-10-23(22)30/h2-12,17,24,30H,13-16H2,1H3,(H,27,31)/t24-/m1/s1. The summed E-state index contributed by atoms with van der Waals surface area (Å²) in [6.07, 6.45) is 0. The molecule has 5 nitrogen and oxygen atoms in total. The second-order valence-electron chi connectivity index (χ2n) is 7.78. The summed E-state index contributed by atoms with van der Waals surface area (Å²) in [6, 6.07) is 22.4. The Morgan fingerprint density at radius 3 is 2.32 bits per heavy atom. The molecule has 1 atom stereocenters. The molecule has 4 rings (SSSR count). The number of hydrogen-bond acceptors (Lipinski definition) is 4. The highest BCUT2D eigenvalue weighted by atomic mass is 35.5. The molecular weight excluding hydrogens is 410 g/mol. The summed E-state index contributed by atoms with van der Waals surface area (Å²) in [5.41, 5.74) is 3.44. The third-order valence-corrected chi connectivity index (χ3v) is 6.11. The molecule has 160 valence electrons. The number of nitrogens with zero attached hydrogens (tertiary/aromatic N) is 2. The van der Waals surface area contributed by atoms with Crippen molar-refractivity contribution in [2.75, 3.05) is 36.4 Å². The normalized spacial score (nSPS) is 15.5. The molecule has 1 fully saturated rings. The molecule has 0 unspecified atom stereocenters. The van der Waals surface area contributed by atoms with Crippen molar-refractivity contribution in [3.63, 3.8) is 0 Å². The van der Waals surface area contributed by atoms with Crippen molar-refractivity contribution in [1.29, 1.82) is 0 Å². The molecule has 1 heterocycles. The number of hydrogen-bond donors (Lipinski definition) is 2. The summed E-state index contributed by atoms with van der Waals surface area (Å²) in [5.74, 6) is 0.201. The maximum atomic E-state index is 13.4. The van der Waals surface area contributed by atoms with Crippen LogP contribution < -0.4 is 10.2 Å². The monoisotopic (exact) mass is 435 g/mol. The first-order chi connectivity index (χ1) is 15.0. The van der Waals surface area contributed by atoms with Crippen LogP contribution in [0.25, 0.3) is 0 Å². The Morgan fingerprint density at radius 2 is 1.65 bits per heavy atom. The van der Waals surface area contributed by atoms with Gasteiger partial charge in [0.05, 0.1) is 5.69 Å². The zero-order valence-corrected chi connectivity index (χ0v) is 18.2. The smallest absolute Gasteiger partial charge is 0.246 e. The summed E-state index contributed by atoms with van der Waals surface area (Å²) < 4.78 is 0. The van der Waals surface area contributed by atoms with Crippen LogP contribution in [0.1, 0.15) is 17.2 Å². The molecule has 0 radical (unpaired) electrons. The van der Waals surface area contributed by atoms with Crippen LogP contribution in [0, 0.1) is 6.92 Å². The quantitative estimate of drug-likeness (QED) is 0.601. The largest absolute Gasteiger partial charge is 0.506 e. The molecule has 0 aromatic heterocycles. The number of nitrogens with one attached hydrogen (secondary N) is 1. The number of phenolic OH excluding ortho intramolecular Hbond substituents is 1. The van der Waals surface area contributed by atoms with Crippen LogP contribution >= 0.6 is 11.6 Å². The summed E-state index contributed by atoms with van der Waals surface area (Å²) in [7, 11) is 0. The molecule has 31 heavy (non-hydrogen) atoms. The SMILES string of the molecule is Cc1ccc(NC(=O)[C@@H](c2ccccc2)N2CCN(c3ccccc3O)CC2)cc1Cl. The van der Waals surface area contributed by atoms with Gasteiger partial charge in [0, 0.05) is 36.9 Å². The first kappa shape index (κ1) is 21.2. The number of aromatic hydroxyl groups is 1.